The van der Waals surface area contributed by atoms with Crippen molar-refractivity contribution in [2.75, 3.05) is 49.2 Å². The van der Waals surface area contributed by atoms with Crippen LogP contribution in [-0.4, -0.2) is 60.1 Å². The number of aromatic nitrogens is 3. The molecule has 4 heterocycles. The third-order valence-corrected chi connectivity index (χ3v) is 6.99. The monoisotopic (exact) mass is 457 g/mol. The highest BCUT2D eigenvalue weighted by Gasteiger charge is 2.26. The van der Waals surface area contributed by atoms with Gasteiger partial charge in [0.25, 0.3) is 0 Å². The number of carbonyl (C=O) groups excluding carboxylic acids is 1. The highest BCUT2D eigenvalue weighted by atomic mass is 35.5. The highest BCUT2D eigenvalue weighted by molar-refractivity contribution is 7.11. The number of thiazole rings is 1. The predicted molar refractivity (Wildman–Crippen MR) is 124 cm³/mol. The van der Waals surface area contributed by atoms with Gasteiger partial charge in [0.05, 0.1) is 29.1 Å². The molecule has 3 aromatic rings. The van der Waals surface area contributed by atoms with Crippen LogP contribution in [0.1, 0.15) is 28.9 Å². The average molecular weight is 458 g/mol. The summed E-state index contributed by atoms with van der Waals surface area (Å²) in [5.41, 5.74) is 3.69. The Bertz CT molecular complexity index is 1070. The molecule has 2 aliphatic rings. The largest absolute Gasteiger partial charge is 0.378 e. The molecule has 31 heavy (non-hydrogen) atoms. The van der Waals surface area contributed by atoms with Crippen LogP contribution >= 0.6 is 22.9 Å². The zero-order valence-corrected chi connectivity index (χ0v) is 18.7. The number of Topliss-reactive ketones (excluding diaryl/α,β-unsaturated/α-hetero) is 1. The van der Waals surface area contributed by atoms with E-state index in [0.717, 1.165) is 79.5 Å². The van der Waals surface area contributed by atoms with Crippen LogP contribution in [0.5, 0.6) is 0 Å². The minimum absolute atomic E-state index is 0.176. The van der Waals surface area contributed by atoms with Gasteiger partial charge < -0.3 is 14.5 Å². The van der Waals surface area contributed by atoms with Crippen LogP contribution in [0.15, 0.2) is 29.9 Å². The first-order valence-corrected chi connectivity index (χ1v) is 11.9. The van der Waals surface area contributed by atoms with E-state index in [2.05, 4.69) is 43.0 Å². The Kier molecular flexibility index (Phi) is 6.02. The van der Waals surface area contributed by atoms with Crippen molar-refractivity contribution in [1.82, 2.24) is 15.0 Å². The van der Waals surface area contributed by atoms with E-state index in [1.54, 1.807) is 11.7 Å². The number of hydrogen-bond acceptors (Lipinski definition) is 8. The molecule has 0 saturated carbocycles. The van der Waals surface area contributed by atoms with Gasteiger partial charge in [-0.3, -0.25) is 9.78 Å². The molecule has 2 saturated heterocycles. The Hall–Kier alpha value is -2.29. The van der Waals surface area contributed by atoms with E-state index in [-0.39, 0.29) is 11.1 Å². The molecule has 1 aromatic carbocycles. The van der Waals surface area contributed by atoms with Crippen LogP contribution in [0.4, 0.5) is 11.5 Å². The number of ether oxygens (including phenoxy) is 1. The molecule has 2 aliphatic heterocycles. The minimum Gasteiger partial charge on any atom is -0.378 e. The maximum absolute atomic E-state index is 12.6. The summed E-state index contributed by atoms with van der Waals surface area (Å²) in [4.78, 5) is 31.0. The number of benzene rings is 1. The molecule has 0 bridgehead atoms. The summed E-state index contributed by atoms with van der Waals surface area (Å²) in [7, 11) is 0. The lowest BCUT2D eigenvalue weighted by Crippen LogP contribution is -2.37. The molecule has 0 aliphatic carbocycles. The van der Waals surface area contributed by atoms with Crippen molar-refractivity contribution in [3.63, 3.8) is 0 Å². The highest BCUT2D eigenvalue weighted by Crippen LogP contribution is 2.32. The summed E-state index contributed by atoms with van der Waals surface area (Å²) in [6.45, 7) is 4.92. The maximum Gasteiger partial charge on any atom is 0.224 e. The SMILES string of the molecule is O=C(CC1CCCN(c2nc(Cl)nc3cc(N4CCOCC4)ccc23)C1)c1cncs1. The maximum atomic E-state index is 12.6. The number of anilines is 2. The Morgan fingerprint density at radius 3 is 2.87 bits per heavy atom. The molecule has 0 spiro atoms. The van der Waals surface area contributed by atoms with Crippen molar-refractivity contribution in [3.05, 3.63) is 40.1 Å². The second-order valence-corrected chi connectivity index (χ2v) is 9.29. The smallest absolute Gasteiger partial charge is 0.224 e. The van der Waals surface area contributed by atoms with Crippen LogP contribution in [0.2, 0.25) is 5.28 Å². The second-order valence-electron chi connectivity index (χ2n) is 8.06. The Morgan fingerprint density at radius 1 is 1.19 bits per heavy atom. The van der Waals surface area contributed by atoms with Crippen LogP contribution in [-0.2, 0) is 4.74 Å². The van der Waals surface area contributed by atoms with Gasteiger partial charge in [-0.2, -0.15) is 4.98 Å². The summed E-state index contributed by atoms with van der Waals surface area (Å²) in [6.07, 6.45) is 4.27. The van der Waals surface area contributed by atoms with Gasteiger partial charge in [0.2, 0.25) is 5.28 Å². The molecule has 1 unspecified atom stereocenters. The Morgan fingerprint density at radius 2 is 2.06 bits per heavy atom. The lowest BCUT2D eigenvalue weighted by atomic mass is 9.92. The van der Waals surface area contributed by atoms with Crippen LogP contribution in [0, 0.1) is 5.92 Å². The third kappa shape index (κ3) is 4.51. The van der Waals surface area contributed by atoms with Crippen molar-refractivity contribution < 1.29 is 9.53 Å². The summed E-state index contributed by atoms with van der Waals surface area (Å²) < 4.78 is 5.47. The van der Waals surface area contributed by atoms with Crippen molar-refractivity contribution in [2.45, 2.75) is 19.3 Å². The van der Waals surface area contributed by atoms with Crippen LogP contribution < -0.4 is 9.80 Å². The summed E-state index contributed by atoms with van der Waals surface area (Å²) >= 11 is 7.74. The average Bonchev–Trinajstić information content (AvgIpc) is 3.34. The quantitative estimate of drug-likeness (QED) is 0.422. The zero-order valence-electron chi connectivity index (χ0n) is 17.2. The van der Waals surface area contributed by atoms with E-state index >= 15 is 0 Å². The predicted octanol–water partition coefficient (Wildman–Crippen LogP) is 4.07. The minimum atomic E-state index is 0.176. The molecule has 2 aromatic heterocycles. The van der Waals surface area contributed by atoms with Gasteiger partial charge in [-0.1, -0.05) is 0 Å². The number of nitrogens with zero attached hydrogens (tertiary/aromatic N) is 5. The first-order chi connectivity index (χ1) is 15.2. The van der Waals surface area contributed by atoms with Gasteiger partial charge in [0.1, 0.15) is 5.82 Å². The fourth-order valence-electron chi connectivity index (χ4n) is 4.47. The van der Waals surface area contributed by atoms with Crippen LogP contribution in [0.3, 0.4) is 0 Å². The van der Waals surface area contributed by atoms with Gasteiger partial charge in [0.15, 0.2) is 5.78 Å². The number of halogens is 1. The Balaban J connectivity index is 1.38. The first-order valence-electron chi connectivity index (χ1n) is 10.6. The topological polar surface area (TPSA) is 71.5 Å². The first kappa shape index (κ1) is 20.6. The van der Waals surface area contributed by atoms with Crippen molar-refractivity contribution in [3.8, 4) is 0 Å². The normalized spacial score (nSPS) is 19.7. The van der Waals surface area contributed by atoms with E-state index < -0.39 is 0 Å². The Labute approximate surface area is 190 Å². The van der Waals surface area contributed by atoms with E-state index in [1.807, 2.05) is 0 Å². The zero-order chi connectivity index (χ0) is 21.2. The number of carbonyl (C=O) groups is 1. The molecule has 7 nitrogen and oxygen atoms in total. The summed E-state index contributed by atoms with van der Waals surface area (Å²) in [5, 5.41) is 1.25. The van der Waals surface area contributed by atoms with Crippen molar-refractivity contribution in [1.29, 1.82) is 0 Å². The van der Waals surface area contributed by atoms with E-state index in [4.69, 9.17) is 16.3 Å². The fourth-order valence-corrected chi connectivity index (χ4v) is 5.22. The number of rotatable bonds is 5. The molecule has 2 fully saturated rings. The summed E-state index contributed by atoms with van der Waals surface area (Å²) in [5.74, 6) is 1.33. The van der Waals surface area contributed by atoms with Gasteiger partial charge in [-0.15, -0.1) is 11.3 Å². The number of ketones is 1. The molecule has 1 atom stereocenters. The lowest BCUT2D eigenvalue weighted by Gasteiger charge is -2.34. The molecular weight excluding hydrogens is 434 g/mol. The lowest BCUT2D eigenvalue weighted by molar-refractivity contribution is 0.0960. The van der Waals surface area contributed by atoms with E-state index in [1.165, 1.54) is 11.3 Å². The summed E-state index contributed by atoms with van der Waals surface area (Å²) in [6, 6.07) is 6.31. The number of hydrogen-bond donors (Lipinski definition) is 0. The number of morpholine rings is 1. The van der Waals surface area contributed by atoms with Crippen molar-refractivity contribution in [2.24, 2.45) is 5.92 Å². The standard InChI is InChI=1S/C22H24ClN5O2S/c23-22-25-18-11-16(27-6-8-30-9-7-27)3-4-17(18)21(26-22)28-5-1-2-15(13-28)10-19(29)20-12-24-14-31-20/h3-4,11-12,14-15H,1-2,5-10,13H2. The molecule has 162 valence electrons. The van der Waals surface area contributed by atoms with Gasteiger partial charge >= 0.3 is 0 Å². The van der Waals surface area contributed by atoms with Gasteiger partial charge in [-0.25, -0.2) is 4.98 Å². The van der Waals surface area contributed by atoms with Crippen molar-refractivity contribution >= 4 is 51.1 Å². The number of piperidine rings is 1. The van der Waals surface area contributed by atoms with Gasteiger partial charge in [-0.05, 0) is 48.6 Å². The van der Waals surface area contributed by atoms with E-state index in [0.29, 0.717) is 12.3 Å². The molecule has 0 radical (unpaired) electrons. The molecule has 0 N–H and O–H groups in total. The molecule has 5 rings (SSSR count). The van der Waals surface area contributed by atoms with Crippen LogP contribution in [0.25, 0.3) is 10.9 Å². The third-order valence-electron chi connectivity index (χ3n) is 6.01. The van der Waals surface area contributed by atoms with E-state index in [9.17, 15) is 4.79 Å². The van der Waals surface area contributed by atoms with Gasteiger partial charge in [0, 0.05) is 49.9 Å². The molecule has 0 amide bonds. The molecular formula is C22H24ClN5O2S. The number of fused-ring (bicyclic) bond motifs is 1. The molecule has 9 heteroatoms. The second kappa shape index (κ2) is 9.06. The fraction of sp³-hybridized carbons (Fsp3) is 0.455.